The summed E-state index contributed by atoms with van der Waals surface area (Å²) in [5.74, 6) is 0.436. The van der Waals surface area contributed by atoms with E-state index in [4.69, 9.17) is 0 Å². The Morgan fingerprint density at radius 1 is 1.35 bits per heavy atom. The molecule has 0 bridgehead atoms. The van der Waals surface area contributed by atoms with Gasteiger partial charge in [0.2, 0.25) is 0 Å². The van der Waals surface area contributed by atoms with Crippen LogP contribution in [-0.4, -0.2) is 40.7 Å². The Labute approximate surface area is 119 Å². The lowest BCUT2D eigenvalue weighted by molar-refractivity contribution is -0.384. The van der Waals surface area contributed by atoms with Crippen LogP contribution >= 0.6 is 0 Å². The third-order valence-electron chi connectivity index (χ3n) is 4.18. The molecule has 0 amide bonds. The highest BCUT2D eigenvalue weighted by Gasteiger charge is 2.22. The van der Waals surface area contributed by atoms with E-state index in [1.54, 1.807) is 12.1 Å². The molecule has 0 saturated carbocycles. The van der Waals surface area contributed by atoms with E-state index in [0.717, 1.165) is 44.5 Å². The Hall–Kier alpha value is -1.46. The number of benzene rings is 1. The van der Waals surface area contributed by atoms with Gasteiger partial charge in [-0.2, -0.15) is 0 Å². The summed E-state index contributed by atoms with van der Waals surface area (Å²) in [6.45, 7) is 4.91. The van der Waals surface area contributed by atoms with Crippen LogP contribution in [0.4, 0.5) is 5.69 Å². The Morgan fingerprint density at radius 3 is 2.45 bits per heavy atom. The molecular weight excluding hydrogens is 256 g/mol. The molecule has 1 atom stereocenters. The molecule has 5 nitrogen and oxygen atoms in total. The van der Waals surface area contributed by atoms with Gasteiger partial charge in [0.05, 0.1) is 11.0 Å². The fraction of sp³-hybridized carbons (Fsp3) is 0.600. The molecule has 1 aromatic carbocycles. The first-order valence-electron chi connectivity index (χ1n) is 7.20. The van der Waals surface area contributed by atoms with Gasteiger partial charge >= 0.3 is 0 Å². The van der Waals surface area contributed by atoms with Crippen LogP contribution < -0.4 is 0 Å². The number of hydrogen-bond donors (Lipinski definition) is 1. The maximum Gasteiger partial charge on any atom is 0.269 e. The van der Waals surface area contributed by atoms with E-state index in [1.165, 1.54) is 0 Å². The molecule has 1 aliphatic heterocycles. The third kappa shape index (κ3) is 4.02. The number of rotatable bonds is 5. The van der Waals surface area contributed by atoms with Gasteiger partial charge in [0.1, 0.15) is 0 Å². The average molecular weight is 278 g/mol. The van der Waals surface area contributed by atoms with Gasteiger partial charge in [-0.05, 0) is 50.8 Å². The second kappa shape index (κ2) is 6.81. The molecule has 0 radical (unpaired) electrons. The zero-order valence-corrected chi connectivity index (χ0v) is 11.9. The summed E-state index contributed by atoms with van der Waals surface area (Å²) < 4.78 is 0. The number of nitro benzene ring substituents is 1. The van der Waals surface area contributed by atoms with Crippen molar-refractivity contribution in [2.75, 3.05) is 19.6 Å². The number of non-ortho nitro benzene ring substituents is 1. The number of nitro groups is 1. The fourth-order valence-corrected chi connectivity index (χ4v) is 2.73. The monoisotopic (exact) mass is 278 g/mol. The molecule has 1 saturated heterocycles. The van der Waals surface area contributed by atoms with E-state index < -0.39 is 0 Å². The van der Waals surface area contributed by atoms with Gasteiger partial charge in [-0.1, -0.05) is 12.1 Å². The summed E-state index contributed by atoms with van der Waals surface area (Å²) in [4.78, 5) is 12.6. The number of piperidine rings is 1. The minimum absolute atomic E-state index is 0.145. The zero-order valence-electron chi connectivity index (χ0n) is 11.9. The molecule has 110 valence electrons. The molecule has 20 heavy (non-hydrogen) atoms. The lowest BCUT2D eigenvalue weighted by Gasteiger charge is -2.33. The SMILES string of the molecule is CC(O)C1CCN(CCc2ccc([N+](=O)[O-])cc2)CC1. The maximum absolute atomic E-state index is 10.6. The zero-order chi connectivity index (χ0) is 14.5. The Balaban J connectivity index is 1.77. The first kappa shape index (κ1) is 14.9. The molecule has 0 spiro atoms. The van der Waals surface area contributed by atoms with Gasteiger partial charge in [-0.3, -0.25) is 10.1 Å². The molecule has 5 heteroatoms. The fourth-order valence-electron chi connectivity index (χ4n) is 2.73. The molecule has 1 aliphatic rings. The van der Waals surface area contributed by atoms with Crippen molar-refractivity contribution in [3.05, 3.63) is 39.9 Å². The standard InChI is InChI=1S/C15H22N2O3/c1-12(18)14-7-10-16(11-8-14)9-6-13-2-4-15(5-3-13)17(19)20/h2-5,12,14,18H,6-11H2,1H3. The van der Waals surface area contributed by atoms with Crippen LogP contribution in [0.1, 0.15) is 25.3 Å². The van der Waals surface area contributed by atoms with Crippen molar-refractivity contribution >= 4 is 5.69 Å². The summed E-state index contributed by atoms with van der Waals surface area (Å²) in [6.07, 6.45) is 2.82. The van der Waals surface area contributed by atoms with Crippen molar-refractivity contribution in [1.82, 2.24) is 4.90 Å². The highest BCUT2D eigenvalue weighted by molar-refractivity contribution is 5.32. The quantitative estimate of drug-likeness (QED) is 0.662. The Bertz CT molecular complexity index is 437. The largest absolute Gasteiger partial charge is 0.393 e. The first-order chi connectivity index (χ1) is 9.56. The summed E-state index contributed by atoms with van der Waals surface area (Å²) in [5, 5.41) is 20.1. The van der Waals surface area contributed by atoms with Crippen LogP contribution in [0.3, 0.4) is 0 Å². The second-order valence-corrected chi connectivity index (χ2v) is 5.59. The molecule has 1 N–H and O–H groups in total. The first-order valence-corrected chi connectivity index (χ1v) is 7.20. The minimum atomic E-state index is -0.370. The lowest BCUT2D eigenvalue weighted by Crippen LogP contribution is -2.38. The van der Waals surface area contributed by atoms with Gasteiger partial charge in [-0.25, -0.2) is 0 Å². The van der Waals surface area contributed by atoms with E-state index in [9.17, 15) is 15.2 Å². The molecule has 2 rings (SSSR count). The molecule has 0 aliphatic carbocycles. The molecule has 1 aromatic rings. The maximum atomic E-state index is 10.6. The summed E-state index contributed by atoms with van der Waals surface area (Å²) >= 11 is 0. The van der Waals surface area contributed by atoms with Crippen molar-refractivity contribution in [1.29, 1.82) is 0 Å². The number of likely N-dealkylation sites (tertiary alicyclic amines) is 1. The average Bonchev–Trinajstić information content (AvgIpc) is 2.46. The van der Waals surface area contributed by atoms with Crippen LogP contribution in [0.2, 0.25) is 0 Å². The second-order valence-electron chi connectivity index (χ2n) is 5.59. The third-order valence-corrected chi connectivity index (χ3v) is 4.18. The van der Waals surface area contributed by atoms with Crippen LogP contribution in [0.15, 0.2) is 24.3 Å². The predicted octanol–water partition coefficient (Wildman–Crippen LogP) is 2.23. The van der Waals surface area contributed by atoms with Crippen LogP contribution in [-0.2, 0) is 6.42 Å². The summed E-state index contributed by atoms with van der Waals surface area (Å²) in [7, 11) is 0. The van der Waals surface area contributed by atoms with Crippen LogP contribution in [0.25, 0.3) is 0 Å². The van der Waals surface area contributed by atoms with Crippen molar-refractivity contribution in [2.24, 2.45) is 5.92 Å². The molecule has 1 fully saturated rings. The van der Waals surface area contributed by atoms with E-state index in [1.807, 2.05) is 19.1 Å². The number of nitrogens with zero attached hydrogens (tertiary/aromatic N) is 2. The van der Waals surface area contributed by atoms with E-state index in [0.29, 0.717) is 5.92 Å². The smallest absolute Gasteiger partial charge is 0.269 e. The van der Waals surface area contributed by atoms with Gasteiger partial charge < -0.3 is 10.0 Å². The summed E-state index contributed by atoms with van der Waals surface area (Å²) in [5.41, 5.74) is 1.28. The molecule has 0 aromatic heterocycles. The van der Waals surface area contributed by atoms with Gasteiger partial charge in [-0.15, -0.1) is 0 Å². The van der Waals surface area contributed by atoms with E-state index in [2.05, 4.69) is 4.90 Å². The molecule has 1 heterocycles. The van der Waals surface area contributed by atoms with Gasteiger partial charge in [0.15, 0.2) is 0 Å². The van der Waals surface area contributed by atoms with Crippen molar-refractivity contribution in [3.63, 3.8) is 0 Å². The minimum Gasteiger partial charge on any atom is -0.393 e. The number of hydrogen-bond acceptors (Lipinski definition) is 4. The number of aliphatic hydroxyl groups excluding tert-OH is 1. The van der Waals surface area contributed by atoms with Crippen LogP contribution in [0, 0.1) is 16.0 Å². The highest BCUT2D eigenvalue weighted by atomic mass is 16.6. The topological polar surface area (TPSA) is 66.6 Å². The predicted molar refractivity (Wildman–Crippen MR) is 77.6 cm³/mol. The molecule has 1 unspecified atom stereocenters. The normalized spacial score (nSPS) is 18.9. The Kier molecular flexibility index (Phi) is 5.09. The Morgan fingerprint density at radius 2 is 1.95 bits per heavy atom. The van der Waals surface area contributed by atoms with Crippen molar-refractivity contribution in [3.8, 4) is 0 Å². The van der Waals surface area contributed by atoms with Gasteiger partial charge in [0, 0.05) is 18.7 Å². The highest BCUT2D eigenvalue weighted by Crippen LogP contribution is 2.21. The summed E-state index contributed by atoms with van der Waals surface area (Å²) in [6, 6.07) is 6.80. The number of aliphatic hydroxyl groups is 1. The lowest BCUT2D eigenvalue weighted by atomic mass is 9.92. The van der Waals surface area contributed by atoms with Crippen LogP contribution in [0.5, 0.6) is 0 Å². The van der Waals surface area contributed by atoms with E-state index in [-0.39, 0.29) is 16.7 Å². The molecular formula is C15H22N2O3. The van der Waals surface area contributed by atoms with Gasteiger partial charge in [0.25, 0.3) is 5.69 Å². The van der Waals surface area contributed by atoms with Crippen molar-refractivity contribution < 1.29 is 10.0 Å². The van der Waals surface area contributed by atoms with E-state index >= 15 is 0 Å². The van der Waals surface area contributed by atoms with Crippen molar-refractivity contribution in [2.45, 2.75) is 32.3 Å².